The van der Waals surface area contributed by atoms with Crippen molar-refractivity contribution >= 4 is 5.52 Å². The maximum Gasteiger partial charge on any atom is 0.247 e. The lowest BCUT2D eigenvalue weighted by Gasteiger charge is -1.76. The van der Waals surface area contributed by atoms with Crippen LogP contribution in [0, 0.1) is 0 Å². The number of hydrogen-bond donors (Lipinski definition) is 1. The Morgan fingerprint density at radius 2 is 2.56 bits per heavy atom. The molecule has 44 valence electrons. The van der Waals surface area contributed by atoms with Crippen LogP contribution in [0.5, 0.6) is 0 Å². The van der Waals surface area contributed by atoms with E-state index in [4.69, 9.17) is 0 Å². The molecule has 2 heterocycles. The van der Waals surface area contributed by atoms with Gasteiger partial charge in [-0.15, -0.1) is 14.7 Å². The molecular formula is C5H5N4+. The molecule has 0 unspecified atom stereocenters. The molecule has 0 aromatic carbocycles. The summed E-state index contributed by atoms with van der Waals surface area (Å²) in [5, 5.41) is 6.52. The zero-order valence-corrected chi connectivity index (χ0v) is 4.65. The fourth-order valence-electron chi connectivity index (χ4n) is 0.718. The first-order valence-corrected chi connectivity index (χ1v) is 2.61. The summed E-state index contributed by atoms with van der Waals surface area (Å²) >= 11 is 0. The molecule has 2 rings (SSSR count). The highest BCUT2D eigenvalue weighted by Gasteiger charge is 1.95. The number of nitrogens with one attached hydrogen (secondary N) is 1. The Morgan fingerprint density at radius 3 is 3.44 bits per heavy atom. The molecule has 0 aliphatic rings. The first-order valence-electron chi connectivity index (χ1n) is 2.61. The standard InChI is InChI=1S/C5H4N4/c1-2-6-4-9-5(1)3-7-8-9/h1-4H/p+1. The molecule has 1 N–H and O–H groups in total. The Morgan fingerprint density at radius 1 is 1.56 bits per heavy atom. The smallest absolute Gasteiger partial charge is 0.133 e. The molecule has 0 saturated heterocycles. The number of rotatable bonds is 0. The third-order valence-corrected chi connectivity index (χ3v) is 1.15. The van der Waals surface area contributed by atoms with Crippen molar-refractivity contribution in [3.8, 4) is 0 Å². The Kier molecular flexibility index (Phi) is 0.745. The first kappa shape index (κ1) is 4.43. The topological polar surface area (TPSA) is 45.7 Å². The summed E-state index contributed by atoms with van der Waals surface area (Å²) in [6.07, 6.45) is 5.13. The summed E-state index contributed by atoms with van der Waals surface area (Å²) in [4.78, 5) is 3.88. The van der Waals surface area contributed by atoms with Crippen molar-refractivity contribution in [1.82, 2.24) is 15.3 Å². The molecule has 0 aliphatic heterocycles. The van der Waals surface area contributed by atoms with Gasteiger partial charge in [0.25, 0.3) is 0 Å². The summed E-state index contributed by atoms with van der Waals surface area (Å²) in [6, 6.07) is 1.88. The van der Waals surface area contributed by atoms with E-state index >= 15 is 0 Å². The van der Waals surface area contributed by atoms with Crippen LogP contribution < -0.4 is 4.52 Å². The largest absolute Gasteiger partial charge is 0.247 e. The third kappa shape index (κ3) is 0.561. The molecule has 0 bridgehead atoms. The van der Waals surface area contributed by atoms with Crippen LogP contribution in [-0.4, -0.2) is 15.3 Å². The van der Waals surface area contributed by atoms with Crippen LogP contribution >= 0.6 is 0 Å². The first-order chi connectivity index (χ1) is 4.47. The molecule has 0 aliphatic carbocycles. The predicted octanol–water partition coefficient (Wildman–Crippen LogP) is -0.457. The molecule has 4 nitrogen and oxygen atoms in total. The zero-order valence-electron chi connectivity index (χ0n) is 4.65. The van der Waals surface area contributed by atoms with Crippen molar-refractivity contribution in [3.63, 3.8) is 0 Å². The van der Waals surface area contributed by atoms with Crippen LogP contribution in [0.3, 0.4) is 0 Å². The second kappa shape index (κ2) is 1.51. The minimum Gasteiger partial charge on any atom is -0.133 e. The molecule has 0 fully saturated rings. The Labute approximate surface area is 51.1 Å². The van der Waals surface area contributed by atoms with Gasteiger partial charge in [0.2, 0.25) is 6.33 Å². The number of fused-ring (bicyclic) bond motifs is 1. The van der Waals surface area contributed by atoms with Gasteiger partial charge in [-0.05, 0) is 5.10 Å². The third-order valence-electron chi connectivity index (χ3n) is 1.15. The van der Waals surface area contributed by atoms with Crippen LogP contribution in [0.15, 0.2) is 24.8 Å². The van der Waals surface area contributed by atoms with Crippen LogP contribution in [0.4, 0.5) is 0 Å². The molecule has 2 aromatic rings. The van der Waals surface area contributed by atoms with Crippen LogP contribution in [0.1, 0.15) is 0 Å². The molecule has 0 saturated carbocycles. The van der Waals surface area contributed by atoms with E-state index < -0.39 is 0 Å². The van der Waals surface area contributed by atoms with Crippen molar-refractivity contribution in [2.24, 2.45) is 0 Å². The number of H-pyrrole nitrogens is 1. The van der Waals surface area contributed by atoms with Crippen molar-refractivity contribution in [2.75, 3.05) is 0 Å². The highest BCUT2D eigenvalue weighted by molar-refractivity contribution is 5.32. The molecule has 0 radical (unpaired) electrons. The highest BCUT2D eigenvalue weighted by Crippen LogP contribution is 1.84. The summed E-state index contributed by atoms with van der Waals surface area (Å²) < 4.78 is 1.74. The minimum atomic E-state index is 1.02. The quantitative estimate of drug-likeness (QED) is 0.479. The molecule has 0 atom stereocenters. The van der Waals surface area contributed by atoms with Crippen LogP contribution in [0.2, 0.25) is 0 Å². The molecule has 2 aromatic heterocycles. The normalized spacial score (nSPS) is 10.2. The summed E-state index contributed by atoms with van der Waals surface area (Å²) in [7, 11) is 0. The van der Waals surface area contributed by atoms with Crippen LogP contribution in [0.25, 0.3) is 5.52 Å². The Bertz CT molecular complexity index is 283. The van der Waals surface area contributed by atoms with Crippen LogP contribution in [-0.2, 0) is 0 Å². The van der Waals surface area contributed by atoms with Gasteiger partial charge in [0.05, 0.1) is 0 Å². The molecule has 0 spiro atoms. The summed E-state index contributed by atoms with van der Waals surface area (Å²) in [5.41, 5.74) is 1.02. The fraction of sp³-hybridized carbons (Fsp3) is 0. The van der Waals surface area contributed by atoms with E-state index in [1.165, 1.54) is 0 Å². The Hall–Kier alpha value is -1.45. The average molecular weight is 121 g/mol. The second-order valence-electron chi connectivity index (χ2n) is 1.73. The van der Waals surface area contributed by atoms with Gasteiger partial charge < -0.3 is 0 Å². The maximum absolute atomic E-state index is 3.88. The fourth-order valence-corrected chi connectivity index (χ4v) is 0.718. The Balaban J connectivity index is 2.95. The number of aromatic nitrogens is 4. The number of nitrogens with zero attached hydrogens (tertiary/aromatic N) is 3. The van der Waals surface area contributed by atoms with E-state index in [-0.39, 0.29) is 0 Å². The summed E-state index contributed by atoms with van der Waals surface area (Å²) in [6.45, 7) is 0. The van der Waals surface area contributed by atoms with Gasteiger partial charge in [-0.1, -0.05) is 0 Å². The van der Waals surface area contributed by atoms with Gasteiger partial charge >= 0.3 is 0 Å². The van der Waals surface area contributed by atoms with Gasteiger partial charge in [-0.2, -0.15) is 0 Å². The zero-order chi connectivity index (χ0) is 6.10. The minimum absolute atomic E-state index is 1.02. The summed E-state index contributed by atoms with van der Waals surface area (Å²) in [5.74, 6) is 0. The molecule has 9 heavy (non-hydrogen) atoms. The van der Waals surface area contributed by atoms with E-state index in [0.717, 1.165) is 5.52 Å². The average Bonchev–Trinajstić information content (AvgIpc) is 2.33. The predicted molar refractivity (Wildman–Crippen MR) is 29.5 cm³/mol. The van der Waals surface area contributed by atoms with E-state index in [9.17, 15) is 0 Å². The van der Waals surface area contributed by atoms with E-state index in [1.54, 1.807) is 23.2 Å². The number of aromatic amines is 1. The lowest BCUT2D eigenvalue weighted by atomic mass is 10.5. The van der Waals surface area contributed by atoms with Gasteiger partial charge in [0.1, 0.15) is 6.20 Å². The van der Waals surface area contributed by atoms with Crippen molar-refractivity contribution < 1.29 is 4.52 Å². The highest BCUT2D eigenvalue weighted by atomic mass is 15.4. The second-order valence-corrected chi connectivity index (χ2v) is 1.73. The van der Waals surface area contributed by atoms with Gasteiger partial charge in [0, 0.05) is 6.07 Å². The van der Waals surface area contributed by atoms with Crippen molar-refractivity contribution in [3.05, 3.63) is 24.8 Å². The van der Waals surface area contributed by atoms with Gasteiger partial charge in [0.15, 0.2) is 11.7 Å². The molecule has 0 amide bonds. The van der Waals surface area contributed by atoms with Crippen molar-refractivity contribution in [2.45, 2.75) is 0 Å². The SMILES string of the molecule is c1cc2cn[nH][n+]2cn1. The van der Waals surface area contributed by atoms with E-state index in [0.29, 0.717) is 0 Å². The molecule has 4 heteroatoms. The molecular weight excluding hydrogens is 116 g/mol. The van der Waals surface area contributed by atoms with E-state index in [2.05, 4.69) is 15.3 Å². The lowest BCUT2D eigenvalue weighted by Crippen LogP contribution is -2.22. The van der Waals surface area contributed by atoms with Gasteiger partial charge in [-0.3, -0.25) is 0 Å². The van der Waals surface area contributed by atoms with Crippen molar-refractivity contribution in [1.29, 1.82) is 0 Å². The maximum atomic E-state index is 3.88. The van der Waals surface area contributed by atoms with Gasteiger partial charge in [-0.25, -0.2) is 0 Å². The monoisotopic (exact) mass is 121 g/mol. The lowest BCUT2D eigenvalue weighted by molar-refractivity contribution is -0.585. The number of hydrogen-bond acceptors (Lipinski definition) is 2. The van der Waals surface area contributed by atoms with E-state index in [1.807, 2.05) is 6.07 Å².